The summed E-state index contributed by atoms with van der Waals surface area (Å²) < 4.78 is 32.7. The molecule has 0 bridgehead atoms. The zero-order valence-electron chi connectivity index (χ0n) is 36.8. The zero-order valence-corrected chi connectivity index (χ0v) is 37.7. The molecule has 59 heavy (non-hydrogen) atoms. The Labute approximate surface area is 357 Å². The molecule has 11 nitrogen and oxygen atoms in total. The van der Waals surface area contributed by atoms with Crippen LogP contribution in [0.15, 0.2) is 60.8 Å². The maximum atomic E-state index is 12.6. The van der Waals surface area contributed by atoms with Gasteiger partial charge in [0.25, 0.3) is 0 Å². The van der Waals surface area contributed by atoms with E-state index in [-0.39, 0.29) is 19.4 Å². The molecule has 0 aliphatic carbocycles. The monoisotopic (exact) mass is 852 g/mol. The van der Waals surface area contributed by atoms with Crippen LogP contribution in [-0.4, -0.2) is 59.9 Å². The minimum atomic E-state index is -4.72. The predicted molar refractivity (Wildman–Crippen MR) is 240 cm³/mol. The third-order valence-corrected chi connectivity index (χ3v) is 10.5. The Morgan fingerprint density at radius 2 is 0.949 bits per heavy atom. The number of carboxylic acids is 1. The van der Waals surface area contributed by atoms with Crippen molar-refractivity contribution in [3.63, 3.8) is 0 Å². The van der Waals surface area contributed by atoms with Gasteiger partial charge in [-0.3, -0.25) is 23.4 Å². The van der Waals surface area contributed by atoms with Gasteiger partial charge >= 0.3 is 25.7 Å². The lowest BCUT2D eigenvalue weighted by molar-refractivity contribution is -0.161. The smallest absolute Gasteiger partial charge is 0.472 e. The van der Waals surface area contributed by atoms with Gasteiger partial charge < -0.3 is 25.2 Å². The Kier molecular flexibility index (Phi) is 39.9. The van der Waals surface area contributed by atoms with Gasteiger partial charge in [0, 0.05) is 12.8 Å². The zero-order chi connectivity index (χ0) is 43.5. The highest BCUT2D eigenvalue weighted by molar-refractivity contribution is 7.47. The highest BCUT2D eigenvalue weighted by Crippen LogP contribution is 2.43. The first-order valence-corrected chi connectivity index (χ1v) is 24.3. The van der Waals surface area contributed by atoms with E-state index in [1.165, 1.54) is 57.8 Å². The SMILES string of the molecule is CC/C=C\C/C=C\C/C=C\C/C=C\CCCCCCCCCCCCC(=O)OC(COC(=O)CCCCCCC/C=C\CCCCC)COP(=O)(O)OCC(N)C(=O)O. The summed E-state index contributed by atoms with van der Waals surface area (Å²) in [4.78, 5) is 46.0. The number of phosphoric acid groups is 1. The Balaban J connectivity index is 4.28. The maximum Gasteiger partial charge on any atom is 0.472 e. The summed E-state index contributed by atoms with van der Waals surface area (Å²) in [6.45, 7) is 2.65. The lowest BCUT2D eigenvalue weighted by Crippen LogP contribution is -2.34. The van der Waals surface area contributed by atoms with Crippen LogP contribution >= 0.6 is 7.82 Å². The van der Waals surface area contributed by atoms with E-state index in [0.29, 0.717) is 12.8 Å². The van der Waals surface area contributed by atoms with Gasteiger partial charge in [0.05, 0.1) is 13.2 Å². The fourth-order valence-corrected chi connectivity index (χ4v) is 6.71. The molecule has 0 amide bonds. The highest BCUT2D eigenvalue weighted by Gasteiger charge is 2.28. The first kappa shape index (κ1) is 56.2. The molecule has 12 heteroatoms. The van der Waals surface area contributed by atoms with Gasteiger partial charge in [-0.2, -0.15) is 0 Å². The van der Waals surface area contributed by atoms with Crippen LogP contribution in [-0.2, 0) is 37.5 Å². The summed E-state index contributed by atoms with van der Waals surface area (Å²) in [5.41, 5.74) is 5.33. The molecule has 340 valence electrons. The predicted octanol–water partition coefficient (Wildman–Crippen LogP) is 12.3. The van der Waals surface area contributed by atoms with Crippen LogP contribution in [0.5, 0.6) is 0 Å². The van der Waals surface area contributed by atoms with Gasteiger partial charge in [-0.25, -0.2) is 4.57 Å². The number of ether oxygens (including phenoxy) is 2. The van der Waals surface area contributed by atoms with Crippen molar-refractivity contribution in [3.05, 3.63) is 60.8 Å². The van der Waals surface area contributed by atoms with E-state index in [1.807, 2.05) is 0 Å². The molecule has 3 atom stereocenters. The number of carbonyl (C=O) groups is 3. The fraction of sp³-hybridized carbons (Fsp3) is 0.723. The van der Waals surface area contributed by atoms with E-state index in [9.17, 15) is 23.8 Å². The Morgan fingerprint density at radius 1 is 0.542 bits per heavy atom. The number of unbranched alkanes of at least 4 members (excludes halogenated alkanes) is 18. The Bertz CT molecular complexity index is 1230. The van der Waals surface area contributed by atoms with E-state index in [2.05, 4.69) is 79.1 Å². The van der Waals surface area contributed by atoms with E-state index >= 15 is 0 Å². The summed E-state index contributed by atoms with van der Waals surface area (Å²) in [5.74, 6) is -2.40. The number of nitrogens with two attached hydrogens (primary N) is 1. The number of carbonyl (C=O) groups excluding carboxylic acids is 2. The van der Waals surface area contributed by atoms with E-state index in [4.69, 9.17) is 24.8 Å². The standard InChI is InChI=1S/C47H82NO10P/c1-3-5-7-9-11-13-15-17-18-19-20-21-22-23-24-25-26-27-29-31-33-35-37-39-46(50)58-43(41-56-59(53,54)57-42-44(48)47(51)52)40-55-45(49)38-36-34-32-30-28-16-14-12-10-8-6-4-2/h5,7,11-14,17-18,20-21,43-44H,3-4,6,8-10,15-16,19,22-42,48H2,1-2H3,(H,51,52)(H,53,54)/b7-5-,13-11-,14-12-,18-17-,21-20-. The minimum absolute atomic E-state index is 0.152. The van der Waals surface area contributed by atoms with Crippen molar-refractivity contribution < 1.29 is 47.5 Å². The average Bonchev–Trinajstić information content (AvgIpc) is 3.21. The molecular weight excluding hydrogens is 769 g/mol. The van der Waals surface area contributed by atoms with Crippen LogP contribution in [0.1, 0.15) is 187 Å². The third kappa shape index (κ3) is 41.7. The number of esters is 2. The molecule has 0 heterocycles. The molecule has 3 unspecified atom stereocenters. The number of allylic oxidation sites excluding steroid dienone is 10. The molecule has 0 aliphatic rings. The molecular formula is C47H82NO10P. The number of phosphoric ester groups is 1. The lowest BCUT2D eigenvalue weighted by atomic mass is 10.0. The molecule has 0 saturated carbocycles. The summed E-state index contributed by atoms with van der Waals surface area (Å²) in [5, 5.41) is 8.89. The van der Waals surface area contributed by atoms with Gasteiger partial charge in [0.15, 0.2) is 6.10 Å². The average molecular weight is 852 g/mol. The summed E-state index contributed by atoms with van der Waals surface area (Å²) in [6.07, 6.45) is 48.6. The van der Waals surface area contributed by atoms with Crippen LogP contribution in [0.4, 0.5) is 0 Å². The molecule has 0 saturated heterocycles. The lowest BCUT2D eigenvalue weighted by Gasteiger charge is -2.20. The Morgan fingerprint density at radius 3 is 1.44 bits per heavy atom. The first-order chi connectivity index (χ1) is 28.6. The van der Waals surface area contributed by atoms with Gasteiger partial charge in [-0.1, -0.05) is 158 Å². The van der Waals surface area contributed by atoms with Crippen molar-refractivity contribution in [2.24, 2.45) is 5.73 Å². The van der Waals surface area contributed by atoms with Crippen LogP contribution in [0, 0.1) is 0 Å². The molecule has 4 N–H and O–H groups in total. The van der Waals surface area contributed by atoms with Gasteiger partial charge in [0.1, 0.15) is 12.6 Å². The largest absolute Gasteiger partial charge is 0.480 e. The summed E-state index contributed by atoms with van der Waals surface area (Å²) >= 11 is 0. The number of hydrogen-bond donors (Lipinski definition) is 3. The van der Waals surface area contributed by atoms with Crippen LogP contribution in [0.2, 0.25) is 0 Å². The van der Waals surface area contributed by atoms with Gasteiger partial charge in [0.2, 0.25) is 0 Å². The number of carboxylic acid groups (broad SMARTS) is 1. The number of aliphatic carboxylic acids is 1. The minimum Gasteiger partial charge on any atom is -0.480 e. The molecule has 0 aromatic heterocycles. The van der Waals surface area contributed by atoms with E-state index in [1.54, 1.807) is 0 Å². The van der Waals surface area contributed by atoms with Crippen LogP contribution in [0.3, 0.4) is 0 Å². The fourth-order valence-electron chi connectivity index (χ4n) is 5.93. The highest BCUT2D eigenvalue weighted by atomic mass is 31.2. The molecule has 0 spiro atoms. The Hall–Kier alpha value is -2.82. The van der Waals surface area contributed by atoms with E-state index in [0.717, 1.165) is 89.9 Å². The third-order valence-electron chi connectivity index (χ3n) is 9.50. The van der Waals surface area contributed by atoms with Crippen LogP contribution < -0.4 is 5.73 Å². The van der Waals surface area contributed by atoms with Crippen molar-refractivity contribution in [2.45, 2.75) is 199 Å². The van der Waals surface area contributed by atoms with Gasteiger partial charge in [-0.05, 0) is 77.0 Å². The normalized spacial score (nSPS) is 14.2. The quantitative estimate of drug-likeness (QED) is 0.0231. The summed E-state index contributed by atoms with van der Waals surface area (Å²) in [6, 6.07) is -1.52. The van der Waals surface area contributed by atoms with Crippen molar-refractivity contribution in [1.82, 2.24) is 0 Å². The molecule has 0 aromatic rings. The van der Waals surface area contributed by atoms with Crippen molar-refractivity contribution >= 4 is 25.7 Å². The van der Waals surface area contributed by atoms with Crippen molar-refractivity contribution in [3.8, 4) is 0 Å². The topological polar surface area (TPSA) is 172 Å². The maximum absolute atomic E-state index is 12.6. The molecule has 0 radical (unpaired) electrons. The van der Waals surface area contributed by atoms with E-state index < -0.39 is 51.1 Å². The first-order valence-electron chi connectivity index (χ1n) is 22.8. The summed E-state index contributed by atoms with van der Waals surface area (Å²) in [7, 11) is -4.72. The molecule has 0 rings (SSSR count). The van der Waals surface area contributed by atoms with Crippen LogP contribution in [0.25, 0.3) is 0 Å². The molecule has 0 aromatic carbocycles. The van der Waals surface area contributed by atoms with Crippen molar-refractivity contribution in [2.75, 3.05) is 19.8 Å². The second-order valence-electron chi connectivity index (χ2n) is 15.1. The number of rotatable bonds is 42. The molecule has 0 fully saturated rings. The number of hydrogen-bond acceptors (Lipinski definition) is 9. The van der Waals surface area contributed by atoms with Crippen molar-refractivity contribution in [1.29, 1.82) is 0 Å². The van der Waals surface area contributed by atoms with Gasteiger partial charge in [-0.15, -0.1) is 0 Å². The second-order valence-corrected chi connectivity index (χ2v) is 16.6. The molecule has 0 aliphatic heterocycles. The second kappa shape index (κ2) is 41.9.